The zero-order chi connectivity index (χ0) is 13.4. The van der Waals surface area contributed by atoms with Crippen LogP contribution in [0, 0.1) is 0 Å². The fraction of sp³-hybridized carbons (Fsp3) is 0.438. The van der Waals surface area contributed by atoms with Gasteiger partial charge in [-0.25, -0.2) is 0 Å². The molecule has 1 aromatic heterocycles. The molecule has 0 saturated heterocycles. The molecule has 0 bridgehead atoms. The molecule has 1 aliphatic carbocycles. The fourth-order valence-corrected chi connectivity index (χ4v) is 13.4. The largest absolute Gasteiger partial charge is 0.147 e. The van der Waals surface area contributed by atoms with Crippen molar-refractivity contribution in [3.8, 4) is 0 Å². The maximum Gasteiger partial charge on any atom is -0.147 e. The first-order valence-corrected chi connectivity index (χ1v) is 9.83. The van der Waals surface area contributed by atoms with E-state index in [4.69, 9.17) is 0 Å². The van der Waals surface area contributed by atoms with Gasteiger partial charge >= 0.3 is 114 Å². The second kappa shape index (κ2) is 7.27. The van der Waals surface area contributed by atoms with E-state index in [-0.39, 0.29) is 24.8 Å². The first-order valence-electron chi connectivity index (χ1n) is 6.71. The van der Waals surface area contributed by atoms with Crippen molar-refractivity contribution < 1.29 is 16.1 Å². The van der Waals surface area contributed by atoms with Gasteiger partial charge in [0.05, 0.1) is 0 Å². The van der Waals surface area contributed by atoms with Gasteiger partial charge in [0.15, 0.2) is 0 Å². The van der Waals surface area contributed by atoms with Gasteiger partial charge in [-0.2, -0.15) is 0 Å². The fourth-order valence-electron chi connectivity index (χ4n) is 3.69. The van der Waals surface area contributed by atoms with Crippen LogP contribution in [0.15, 0.2) is 40.4 Å². The number of aromatic amines is 1. The summed E-state index contributed by atoms with van der Waals surface area (Å²) in [6.45, 7) is 11.9. The number of nitrogens with one attached hydrogen (secondary N) is 1. The minimum atomic E-state index is -2.44. The summed E-state index contributed by atoms with van der Waals surface area (Å²) in [4.78, 5) is 3.54. The SMILES string of the molecule is C[C](C)=[Ti]([C]1=CC=CC1)([c]1ccc[nH]1)[C](C)(C)C.Cl.Cl. The van der Waals surface area contributed by atoms with Crippen molar-refractivity contribution in [2.24, 2.45) is 0 Å². The average Bonchev–Trinajstić information content (AvgIpc) is 2.87. The van der Waals surface area contributed by atoms with Crippen molar-refractivity contribution in [3.63, 3.8) is 0 Å². The van der Waals surface area contributed by atoms with Gasteiger partial charge in [0.2, 0.25) is 0 Å². The van der Waals surface area contributed by atoms with Crippen LogP contribution in [0.1, 0.15) is 41.0 Å². The van der Waals surface area contributed by atoms with Crippen molar-refractivity contribution in [2.75, 3.05) is 0 Å². The molecular weight excluding hydrogens is 325 g/mol. The zero-order valence-corrected chi connectivity index (χ0v) is 16.2. The third kappa shape index (κ3) is 3.07. The van der Waals surface area contributed by atoms with Crippen molar-refractivity contribution >= 4 is 32.6 Å². The molecule has 0 radical (unpaired) electrons. The number of rotatable bonds is 2. The van der Waals surface area contributed by atoms with Crippen LogP contribution in [0.2, 0.25) is 3.72 Å². The molecule has 0 saturated carbocycles. The van der Waals surface area contributed by atoms with Gasteiger partial charge in [-0.05, 0) is 0 Å². The number of H-pyrrole nitrogens is 1. The molecule has 1 atom stereocenters. The van der Waals surface area contributed by atoms with E-state index < -0.39 is 16.1 Å². The quantitative estimate of drug-likeness (QED) is 0.729. The molecule has 0 spiro atoms. The Hall–Kier alpha value is -0.0757. The summed E-state index contributed by atoms with van der Waals surface area (Å²) < 4.78 is 5.16. The number of allylic oxidation sites excluding steroid dienone is 4. The van der Waals surface area contributed by atoms with Crippen molar-refractivity contribution in [1.29, 1.82) is 0 Å². The van der Waals surface area contributed by atoms with Crippen LogP contribution in [0.25, 0.3) is 0 Å². The summed E-state index contributed by atoms with van der Waals surface area (Å²) in [6, 6.07) is 4.45. The Morgan fingerprint density at radius 3 is 2.20 bits per heavy atom. The number of aromatic nitrogens is 1. The summed E-state index contributed by atoms with van der Waals surface area (Å²) in [5, 5.41) is 0. The number of halogens is 2. The van der Waals surface area contributed by atoms with Gasteiger partial charge in [-0.15, -0.1) is 24.8 Å². The summed E-state index contributed by atoms with van der Waals surface area (Å²) in [6.07, 6.45) is 10.1. The van der Waals surface area contributed by atoms with Gasteiger partial charge in [0.1, 0.15) is 0 Å². The van der Waals surface area contributed by atoms with Gasteiger partial charge in [-0.3, -0.25) is 0 Å². The molecule has 0 aromatic carbocycles. The smallest absolute Gasteiger partial charge is 0.147 e. The van der Waals surface area contributed by atoms with Crippen LogP contribution in [0.4, 0.5) is 0 Å². The standard InChI is InChI=1S/C5H5.C4H4N.C4H9.C3H6.2ClH.Ti/c2*1-2-4-5-3-1;1-4(2)3;1-3-2;;;/h1-3H,4H2;1-3,5H;1-3H3;1-2H3;2*1H;. The van der Waals surface area contributed by atoms with E-state index in [1.165, 1.54) is 4.00 Å². The molecule has 0 amide bonds. The summed E-state index contributed by atoms with van der Waals surface area (Å²) in [5.74, 6) is 0. The maximum atomic E-state index is 3.54. The molecule has 20 heavy (non-hydrogen) atoms. The minimum Gasteiger partial charge on any atom is -0.147 e. The van der Waals surface area contributed by atoms with Crippen LogP contribution >= 0.6 is 24.8 Å². The van der Waals surface area contributed by atoms with Gasteiger partial charge in [0, 0.05) is 0 Å². The maximum absolute atomic E-state index is 3.54. The topological polar surface area (TPSA) is 15.8 Å². The molecule has 1 nitrogen and oxygen atoms in total. The summed E-state index contributed by atoms with van der Waals surface area (Å²) in [7, 11) is 0. The van der Waals surface area contributed by atoms with Crippen molar-refractivity contribution in [2.45, 2.75) is 44.8 Å². The number of hydrogen-bond donors (Lipinski definition) is 1. The van der Waals surface area contributed by atoms with E-state index in [0.717, 1.165) is 6.42 Å². The Morgan fingerprint density at radius 1 is 1.20 bits per heavy atom. The first-order chi connectivity index (χ1) is 8.40. The second-order valence-corrected chi connectivity index (χ2v) is 14.5. The molecule has 1 aromatic rings. The summed E-state index contributed by atoms with van der Waals surface area (Å²) >= 11 is -2.44. The van der Waals surface area contributed by atoms with E-state index in [2.05, 4.69) is 76.2 Å². The van der Waals surface area contributed by atoms with Crippen LogP contribution in [-0.2, 0) is 16.1 Å². The predicted octanol–water partition coefficient (Wildman–Crippen LogP) is 4.91. The Bertz CT molecular complexity index is 542. The molecule has 1 N–H and O–H groups in total. The Morgan fingerprint density at radius 2 is 1.85 bits per heavy atom. The first kappa shape index (κ1) is 19.9. The van der Waals surface area contributed by atoms with E-state index in [9.17, 15) is 0 Å². The van der Waals surface area contributed by atoms with Gasteiger partial charge in [-0.1, -0.05) is 0 Å². The monoisotopic (exact) mass is 350 g/mol. The second-order valence-electron chi connectivity index (χ2n) is 6.41. The molecule has 4 heteroatoms. The van der Waals surface area contributed by atoms with E-state index in [1.807, 2.05) is 0 Å². The zero-order valence-electron chi connectivity index (χ0n) is 13.0. The van der Waals surface area contributed by atoms with Crippen LogP contribution in [0.3, 0.4) is 0 Å². The molecule has 0 fully saturated rings. The number of hydrogen-bond acceptors (Lipinski definition) is 0. The molecule has 1 aliphatic rings. The third-order valence-corrected chi connectivity index (χ3v) is 13.8. The van der Waals surface area contributed by atoms with Gasteiger partial charge < -0.3 is 0 Å². The predicted molar refractivity (Wildman–Crippen MR) is 92.8 cm³/mol. The van der Waals surface area contributed by atoms with Gasteiger partial charge in [0.25, 0.3) is 0 Å². The third-order valence-electron chi connectivity index (χ3n) is 4.13. The molecule has 113 valence electrons. The Labute approximate surface area is 138 Å². The Kier molecular flexibility index (Phi) is 7.24. The van der Waals surface area contributed by atoms with Crippen LogP contribution in [0.5, 0.6) is 0 Å². The van der Waals surface area contributed by atoms with Crippen LogP contribution < -0.4 is 4.00 Å². The normalized spacial score (nSPS) is 16.8. The molecule has 1 unspecified atom stereocenters. The molecule has 1 heterocycles. The van der Waals surface area contributed by atoms with E-state index in [1.54, 1.807) is 7.69 Å². The summed E-state index contributed by atoms with van der Waals surface area (Å²) in [5.41, 5.74) is 0. The minimum absolute atomic E-state index is 0. The molecule has 0 aliphatic heterocycles. The average molecular weight is 351 g/mol. The van der Waals surface area contributed by atoms with E-state index in [0.29, 0.717) is 3.72 Å². The van der Waals surface area contributed by atoms with E-state index >= 15 is 0 Å². The Balaban J connectivity index is 0.00000180. The van der Waals surface area contributed by atoms with Crippen LogP contribution in [-0.4, -0.2) is 8.80 Å². The van der Waals surface area contributed by atoms with Crippen molar-refractivity contribution in [1.82, 2.24) is 4.98 Å². The molecule has 2 rings (SSSR count). The molecular formula is C16H26Cl2NTi. The van der Waals surface area contributed by atoms with Crippen molar-refractivity contribution in [3.05, 3.63) is 40.4 Å².